The van der Waals surface area contributed by atoms with Gasteiger partial charge in [-0.1, -0.05) is 0 Å². The molecule has 78 valence electrons. The highest BCUT2D eigenvalue weighted by Gasteiger charge is 2.30. The van der Waals surface area contributed by atoms with E-state index in [9.17, 15) is 8.42 Å². The van der Waals surface area contributed by atoms with Crippen molar-refractivity contribution in [1.29, 1.82) is 0 Å². The van der Waals surface area contributed by atoms with E-state index in [-0.39, 0.29) is 11.8 Å². The molecule has 1 rings (SSSR count). The molecule has 13 heavy (non-hydrogen) atoms. The van der Waals surface area contributed by atoms with Crippen molar-refractivity contribution in [2.24, 2.45) is 0 Å². The number of sulfone groups is 1. The number of aliphatic hydroxyl groups is 1. The Morgan fingerprint density at radius 3 is 2.62 bits per heavy atom. The summed E-state index contributed by atoms with van der Waals surface area (Å²) >= 11 is 0. The molecule has 1 N–H and O–H groups in total. The number of rotatable bonds is 3. The summed E-state index contributed by atoms with van der Waals surface area (Å²) < 4.78 is 22.3. The second-order valence-electron chi connectivity index (χ2n) is 3.85. The maximum atomic E-state index is 11.1. The number of hydrogen-bond acceptors (Lipinski definition) is 4. The fourth-order valence-electron chi connectivity index (χ4n) is 1.69. The van der Waals surface area contributed by atoms with E-state index in [0.29, 0.717) is 18.7 Å². The van der Waals surface area contributed by atoms with Crippen molar-refractivity contribution in [3.05, 3.63) is 0 Å². The number of nitrogens with zero attached hydrogens (tertiary/aromatic N) is 1. The molecule has 1 saturated heterocycles. The largest absolute Gasteiger partial charge is 0.392 e. The van der Waals surface area contributed by atoms with Crippen LogP contribution < -0.4 is 0 Å². The molecular formula is C8H17NO3S. The minimum atomic E-state index is -2.80. The lowest BCUT2D eigenvalue weighted by Gasteiger charge is -2.24. The summed E-state index contributed by atoms with van der Waals surface area (Å²) in [5.41, 5.74) is 0. The van der Waals surface area contributed by atoms with Crippen LogP contribution in [0.1, 0.15) is 13.3 Å². The maximum Gasteiger partial charge on any atom is 0.151 e. The molecule has 1 aliphatic rings. The first kappa shape index (κ1) is 10.9. The molecule has 0 spiro atoms. The summed E-state index contributed by atoms with van der Waals surface area (Å²) in [5.74, 6) is 0.540. The Hall–Kier alpha value is -0.130. The molecule has 5 heteroatoms. The van der Waals surface area contributed by atoms with Crippen LogP contribution in [-0.2, 0) is 9.84 Å². The fraction of sp³-hybridized carbons (Fsp3) is 1.00. The molecule has 4 nitrogen and oxygen atoms in total. The molecule has 0 aromatic rings. The molecule has 0 aliphatic carbocycles. The molecule has 0 radical (unpaired) electrons. The number of likely N-dealkylation sites (N-methyl/N-ethyl adjacent to an activating group) is 1. The normalized spacial score (nSPS) is 29.4. The quantitative estimate of drug-likeness (QED) is 0.677. The molecule has 1 aliphatic heterocycles. The Balaban J connectivity index is 2.47. The van der Waals surface area contributed by atoms with Gasteiger partial charge in [-0.25, -0.2) is 8.42 Å². The van der Waals surface area contributed by atoms with E-state index in [1.807, 2.05) is 11.9 Å². The molecule has 0 aromatic heterocycles. The Morgan fingerprint density at radius 1 is 1.62 bits per heavy atom. The molecular weight excluding hydrogens is 190 g/mol. The third kappa shape index (κ3) is 3.25. The zero-order valence-electron chi connectivity index (χ0n) is 8.10. The van der Waals surface area contributed by atoms with E-state index in [4.69, 9.17) is 5.11 Å². The van der Waals surface area contributed by atoms with Crippen molar-refractivity contribution in [3.8, 4) is 0 Å². The van der Waals surface area contributed by atoms with Crippen molar-refractivity contribution in [1.82, 2.24) is 4.90 Å². The third-order valence-electron chi connectivity index (χ3n) is 2.38. The predicted octanol–water partition coefficient (Wildman–Crippen LogP) is -0.514. The molecule has 2 unspecified atom stereocenters. The number of hydrogen-bond donors (Lipinski definition) is 1. The fourth-order valence-corrected chi connectivity index (χ4v) is 3.49. The second-order valence-corrected chi connectivity index (χ2v) is 6.07. The zero-order valence-corrected chi connectivity index (χ0v) is 8.92. The first-order valence-electron chi connectivity index (χ1n) is 4.49. The van der Waals surface area contributed by atoms with Crippen LogP contribution in [0.4, 0.5) is 0 Å². The van der Waals surface area contributed by atoms with Gasteiger partial charge in [-0.15, -0.1) is 0 Å². The smallest absolute Gasteiger partial charge is 0.151 e. The second kappa shape index (κ2) is 3.94. The van der Waals surface area contributed by atoms with Gasteiger partial charge in [-0.2, -0.15) is 0 Å². The van der Waals surface area contributed by atoms with Gasteiger partial charge in [0, 0.05) is 12.6 Å². The van der Waals surface area contributed by atoms with Crippen LogP contribution in [0.25, 0.3) is 0 Å². The predicted molar refractivity (Wildman–Crippen MR) is 51.4 cm³/mol. The lowest BCUT2D eigenvalue weighted by Crippen LogP contribution is -2.37. The van der Waals surface area contributed by atoms with E-state index in [1.165, 1.54) is 0 Å². The van der Waals surface area contributed by atoms with Crippen molar-refractivity contribution in [2.45, 2.75) is 25.5 Å². The average Bonchev–Trinajstić information content (AvgIpc) is 2.28. The third-order valence-corrected chi connectivity index (χ3v) is 4.13. The summed E-state index contributed by atoms with van der Waals surface area (Å²) in [6, 6.07) is 0.0969. The van der Waals surface area contributed by atoms with Crippen LogP contribution in [0, 0.1) is 0 Å². The highest BCUT2D eigenvalue weighted by molar-refractivity contribution is 7.91. The van der Waals surface area contributed by atoms with Gasteiger partial charge in [0.2, 0.25) is 0 Å². The van der Waals surface area contributed by atoms with Gasteiger partial charge in [0.15, 0.2) is 9.84 Å². The lowest BCUT2D eigenvalue weighted by atomic mass is 10.2. The van der Waals surface area contributed by atoms with Gasteiger partial charge < -0.3 is 5.11 Å². The first-order chi connectivity index (χ1) is 5.91. The van der Waals surface area contributed by atoms with Crippen molar-refractivity contribution >= 4 is 9.84 Å². The van der Waals surface area contributed by atoms with Crippen LogP contribution in [-0.4, -0.2) is 55.7 Å². The highest BCUT2D eigenvalue weighted by Crippen LogP contribution is 2.16. The summed E-state index contributed by atoms with van der Waals surface area (Å²) in [7, 11) is -0.940. The van der Waals surface area contributed by atoms with Crippen molar-refractivity contribution in [3.63, 3.8) is 0 Å². The van der Waals surface area contributed by atoms with Crippen molar-refractivity contribution in [2.75, 3.05) is 25.1 Å². The van der Waals surface area contributed by atoms with Gasteiger partial charge in [0.05, 0.1) is 17.6 Å². The Kier molecular flexibility index (Phi) is 3.32. The molecule has 1 fully saturated rings. The molecule has 0 bridgehead atoms. The molecule has 1 heterocycles. The minimum Gasteiger partial charge on any atom is -0.392 e. The van der Waals surface area contributed by atoms with Gasteiger partial charge >= 0.3 is 0 Å². The van der Waals surface area contributed by atoms with E-state index in [1.54, 1.807) is 6.92 Å². The maximum absolute atomic E-state index is 11.1. The molecule has 2 atom stereocenters. The summed E-state index contributed by atoms with van der Waals surface area (Å²) in [5, 5.41) is 9.12. The van der Waals surface area contributed by atoms with Gasteiger partial charge in [-0.3, -0.25) is 4.90 Å². The minimum absolute atomic E-state index is 0.0969. The van der Waals surface area contributed by atoms with Crippen LogP contribution in [0.5, 0.6) is 0 Å². The standard InChI is InChI=1S/C8H17NO3S/c1-7(10)5-9(2)8-3-4-13(11,12)6-8/h7-8,10H,3-6H2,1-2H3. The lowest BCUT2D eigenvalue weighted by molar-refractivity contribution is 0.123. The summed E-state index contributed by atoms with van der Waals surface area (Å²) in [6.07, 6.45) is 0.305. The molecule has 0 amide bonds. The zero-order chi connectivity index (χ0) is 10.1. The Labute approximate surface area is 79.5 Å². The molecule has 0 aromatic carbocycles. The topological polar surface area (TPSA) is 57.6 Å². The van der Waals surface area contributed by atoms with Crippen LogP contribution >= 0.6 is 0 Å². The Morgan fingerprint density at radius 2 is 2.23 bits per heavy atom. The van der Waals surface area contributed by atoms with E-state index >= 15 is 0 Å². The monoisotopic (exact) mass is 207 g/mol. The summed E-state index contributed by atoms with van der Waals surface area (Å²) in [6.45, 7) is 2.25. The summed E-state index contributed by atoms with van der Waals surface area (Å²) in [4.78, 5) is 1.93. The van der Waals surface area contributed by atoms with Crippen LogP contribution in [0.15, 0.2) is 0 Å². The van der Waals surface area contributed by atoms with Crippen LogP contribution in [0.2, 0.25) is 0 Å². The average molecular weight is 207 g/mol. The van der Waals surface area contributed by atoms with E-state index < -0.39 is 15.9 Å². The van der Waals surface area contributed by atoms with E-state index in [0.717, 1.165) is 0 Å². The SMILES string of the molecule is CC(O)CN(C)C1CCS(=O)(=O)C1. The number of aliphatic hydroxyl groups excluding tert-OH is 1. The van der Waals surface area contributed by atoms with Gasteiger partial charge in [0.25, 0.3) is 0 Å². The van der Waals surface area contributed by atoms with Crippen molar-refractivity contribution < 1.29 is 13.5 Å². The van der Waals surface area contributed by atoms with Crippen LogP contribution in [0.3, 0.4) is 0 Å². The van der Waals surface area contributed by atoms with Gasteiger partial charge in [-0.05, 0) is 20.4 Å². The highest BCUT2D eigenvalue weighted by atomic mass is 32.2. The molecule has 0 saturated carbocycles. The first-order valence-corrected chi connectivity index (χ1v) is 6.31. The Bertz CT molecular complexity index is 261. The van der Waals surface area contributed by atoms with E-state index in [2.05, 4.69) is 0 Å². The van der Waals surface area contributed by atoms with Gasteiger partial charge in [0.1, 0.15) is 0 Å².